The number of benzene rings is 1. The van der Waals surface area contributed by atoms with Crippen LogP contribution in [0.5, 0.6) is 0 Å². The fraction of sp³-hybridized carbons (Fsp3) is 0.294. The number of sulfonamides is 1. The zero-order valence-electron chi connectivity index (χ0n) is 13.4. The third-order valence-electron chi connectivity index (χ3n) is 4.04. The van der Waals surface area contributed by atoms with Gasteiger partial charge in [-0.2, -0.15) is 5.26 Å². The van der Waals surface area contributed by atoms with E-state index in [1.165, 1.54) is 34.7 Å². The van der Waals surface area contributed by atoms with Crippen LogP contribution in [-0.4, -0.2) is 32.3 Å². The summed E-state index contributed by atoms with van der Waals surface area (Å²) in [7, 11) is -3.66. The number of fused-ring (bicyclic) bond motifs is 1. The van der Waals surface area contributed by atoms with E-state index >= 15 is 0 Å². The van der Waals surface area contributed by atoms with Crippen molar-refractivity contribution in [2.24, 2.45) is 0 Å². The van der Waals surface area contributed by atoms with Crippen LogP contribution >= 0.6 is 11.3 Å². The third kappa shape index (κ3) is 3.90. The van der Waals surface area contributed by atoms with Crippen LogP contribution in [0.1, 0.15) is 27.2 Å². The summed E-state index contributed by atoms with van der Waals surface area (Å²) < 4.78 is 26.5. The van der Waals surface area contributed by atoms with Gasteiger partial charge in [-0.3, -0.25) is 4.79 Å². The van der Waals surface area contributed by atoms with Crippen LogP contribution in [-0.2, 0) is 23.0 Å². The van der Waals surface area contributed by atoms with Crippen molar-refractivity contribution >= 4 is 27.3 Å². The van der Waals surface area contributed by atoms with E-state index in [9.17, 15) is 13.2 Å². The fourth-order valence-corrected chi connectivity index (χ4v) is 4.63. The predicted octanol–water partition coefficient (Wildman–Crippen LogP) is 2.14. The number of nitriles is 1. The monoisotopic (exact) mass is 375 g/mol. The summed E-state index contributed by atoms with van der Waals surface area (Å²) in [4.78, 5) is 15.8. The first-order chi connectivity index (χ1) is 12.0. The Morgan fingerprint density at radius 3 is 2.76 bits per heavy atom. The van der Waals surface area contributed by atoms with E-state index in [0.29, 0.717) is 18.7 Å². The van der Waals surface area contributed by atoms with Crippen LogP contribution in [0.4, 0.5) is 0 Å². The van der Waals surface area contributed by atoms with Crippen LogP contribution in [0, 0.1) is 11.3 Å². The summed E-state index contributed by atoms with van der Waals surface area (Å²) in [5.41, 5.74) is 1.65. The second-order valence-corrected chi connectivity index (χ2v) is 8.44. The summed E-state index contributed by atoms with van der Waals surface area (Å²) in [6, 6.07) is 9.83. The van der Waals surface area contributed by atoms with Crippen molar-refractivity contribution in [3.05, 3.63) is 51.7 Å². The van der Waals surface area contributed by atoms with Crippen LogP contribution in [0.25, 0.3) is 0 Å². The molecule has 0 spiro atoms. The van der Waals surface area contributed by atoms with Gasteiger partial charge in [-0.05, 0) is 47.7 Å². The largest absolute Gasteiger partial charge is 0.334 e. The lowest BCUT2D eigenvalue weighted by atomic mass is 10.1. The molecule has 0 radical (unpaired) electrons. The van der Waals surface area contributed by atoms with Gasteiger partial charge in [0.15, 0.2) is 0 Å². The maximum Gasteiger partial charge on any atom is 0.254 e. The second kappa shape index (κ2) is 7.35. The van der Waals surface area contributed by atoms with Crippen LogP contribution in [0.3, 0.4) is 0 Å². The van der Waals surface area contributed by atoms with Crippen molar-refractivity contribution < 1.29 is 13.2 Å². The number of amides is 1. The minimum Gasteiger partial charge on any atom is -0.334 e. The minimum absolute atomic E-state index is 0.0657. The van der Waals surface area contributed by atoms with Gasteiger partial charge in [0.2, 0.25) is 10.0 Å². The van der Waals surface area contributed by atoms with Gasteiger partial charge in [-0.15, -0.1) is 11.3 Å². The summed E-state index contributed by atoms with van der Waals surface area (Å²) in [5.74, 6) is -0.0989. The average molecular weight is 375 g/mol. The van der Waals surface area contributed by atoms with Gasteiger partial charge in [0.05, 0.1) is 11.0 Å². The minimum atomic E-state index is -3.66. The molecule has 130 valence electrons. The van der Waals surface area contributed by atoms with Crippen LogP contribution in [0.15, 0.2) is 40.6 Å². The Morgan fingerprint density at radius 1 is 1.28 bits per heavy atom. The summed E-state index contributed by atoms with van der Waals surface area (Å²) in [6.07, 6.45) is 0.962. The Labute approximate surface area is 150 Å². The van der Waals surface area contributed by atoms with E-state index < -0.39 is 10.0 Å². The smallest absolute Gasteiger partial charge is 0.254 e. The number of carbonyl (C=O) groups is 1. The Hall–Kier alpha value is -2.21. The highest BCUT2D eigenvalue weighted by molar-refractivity contribution is 7.89. The number of hydrogen-bond acceptors (Lipinski definition) is 5. The molecular formula is C17H17N3O3S2. The zero-order valence-corrected chi connectivity index (χ0v) is 15.1. The number of hydrogen-bond donors (Lipinski definition) is 1. The molecule has 0 unspecified atom stereocenters. The molecule has 1 aliphatic heterocycles. The first kappa shape index (κ1) is 17.6. The van der Waals surface area contributed by atoms with E-state index in [2.05, 4.69) is 4.72 Å². The molecule has 2 aromatic rings. The summed E-state index contributed by atoms with van der Waals surface area (Å²) in [6.45, 7) is 1.33. The quantitative estimate of drug-likeness (QED) is 0.811. The SMILES string of the molecule is N#CCCNS(=O)(=O)c1ccc(C(=O)N2CCc3sccc3C2)cc1. The highest BCUT2D eigenvalue weighted by Crippen LogP contribution is 2.25. The van der Waals surface area contributed by atoms with Crippen molar-refractivity contribution in [1.82, 2.24) is 9.62 Å². The number of nitrogens with one attached hydrogen (secondary N) is 1. The molecule has 1 amide bonds. The van der Waals surface area contributed by atoms with E-state index in [1.54, 1.807) is 16.2 Å². The number of nitrogens with zero attached hydrogens (tertiary/aromatic N) is 2. The van der Waals surface area contributed by atoms with Crippen LogP contribution < -0.4 is 4.72 Å². The molecule has 3 rings (SSSR count). The predicted molar refractivity (Wildman–Crippen MR) is 94.6 cm³/mol. The molecule has 1 N–H and O–H groups in total. The molecule has 1 aliphatic rings. The summed E-state index contributed by atoms with van der Waals surface area (Å²) >= 11 is 1.72. The average Bonchev–Trinajstić information content (AvgIpc) is 3.09. The fourth-order valence-electron chi connectivity index (χ4n) is 2.71. The first-order valence-electron chi connectivity index (χ1n) is 7.82. The number of carbonyl (C=O) groups excluding carboxylic acids is 1. The molecular weight excluding hydrogens is 358 g/mol. The van der Waals surface area contributed by atoms with Gasteiger partial charge in [-0.25, -0.2) is 13.1 Å². The Bertz CT molecular complexity index is 911. The third-order valence-corrected chi connectivity index (χ3v) is 6.54. The van der Waals surface area contributed by atoms with E-state index in [4.69, 9.17) is 5.26 Å². The standard InChI is InChI=1S/C17H17N3O3S2/c18-8-1-9-19-25(22,23)15-4-2-13(3-5-15)17(21)20-10-6-16-14(12-20)7-11-24-16/h2-5,7,11,19H,1,6,9-10,12H2. The first-order valence-corrected chi connectivity index (χ1v) is 10.2. The summed E-state index contributed by atoms with van der Waals surface area (Å²) in [5, 5.41) is 10.5. The lowest BCUT2D eigenvalue weighted by molar-refractivity contribution is 0.0736. The molecule has 0 fully saturated rings. The van der Waals surface area contributed by atoms with Gasteiger partial charge >= 0.3 is 0 Å². The zero-order chi connectivity index (χ0) is 17.9. The molecule has 2 heterocycles. The van der Waals surface area contributed by atoms with Crippen molar-refractivity contribution in [3.63, 3.8) is 0 Å². The van der Waals surface area contributed by atoms with Crippen molar-refractivity contribution in [3.8, 4) is 6.07 Å². The lowest BCUT2D eigenvalue weighted by Gasteiger charge is -2.27. The molecule has 0 saturated carbocycles. The molecule has 1 aromatic carbocycles. The molecule has 8 heteroatoms. The Kier molecular flexibility index (Phi) is 5.18. The van der Waals surface area contributed by atoms with Gasteiger partial charge in [0, 0.05) is 36.5 Å². The van der Waals surface area contributed by atoms with E-state index in [0.717, 1.165) is 6.42 Å². The molecule has 1 aromatic heterocycles. The highest BCUT2D eigenvalue weighted by Gasteiger charge is 2.23. The molecule has 25 heavy (non-hydrogen) atoms. The molecule has 0 atom stereocenters. The lowest BCUT2D eigenvalue weighted by Crippen LogP contribution is -2.35. The van der Waals surface area contributed by atoms with Crippen LogP contribution in [0.2, 0.25) is 0 Å². The second-order valence-electron chi connectivity index (χ2n) is 5.68. The Balaban J connectivity index is 1.70. The van der Waals surface area contributed by atoms with Gasteiger partial charge in [0.25, 0.3) is 5.91 Å². The van der Waals surface area contributed by atoms with Crippen molar-refractivity contribution in [2.45, 2.75) is 24.3 Å². The van der Waals surface area contributed by atoms with Gasteiger partial charge < -0.3 is 4.90 Å². The normalized spacial score (nSPS) is 14.0. The number of thiophene rings is 1. The molecule has 0 aliphatic carbocycles. The number of rotatable bonds is 5. The maximum absolute atomic E-state index is 12.6. The maximum atomic E-state index is 12.6. The topological polar surface area (TPSA) is 90.3 Å². The molecule has 0 saturated heterocycles. The highest BCUT2D eigenvalue weighted by atomic mass is 32.2. The van der Waals surface area contributed by atoms with Crippen molar-refractivity contribution in [2.75, 3.05) is 13.1 Å². The molecule has 6 nitrogen and oxygen atoms in total. The van der Waals surface area contributed by atoms with E-state index in [1.807, 2.05) is 17.5 Å². The Morgan fingerprint density at radius 2 is 2.04 bits per heavy atom. The van der Waals surface area contributed by atoms with E-state index in [-0.39, 0.29) is 23.8 Å². The molecule has 0 bridgehead atoms. The van der Waals surface area contributed by atoms with Crippen molar-refractivity contribution in [1.29, 1.82) is 5.26 Å². The van der Waals surface area contributed by atoms with Gasteiger partial charge in [0.1, 0.15) is 0 Å². The van der Waals surface area contributed by atoms with Gasteiger partial charge in [-0.1, -0.05) is 0 Å².